The zero-order valence-corrected chi connectivity index (χ0v) is 70.0. The lowest BCUT2D eigenvalue weighted by Gasteiger charge is -2.26. The first-order valence-corrected chi connectivity index (χ1v) is 41.7. The Morgan fingerprint density at radius 3 is 0.689 bits per heavy atom. The monoisotopic (exact) mass is 1490 g/mol. The van der Waals surface area contributed by atoms with Crippen molar-refractivity contribution in [1.29, 1.82) is 0 Å². The average molecular weight is 1490 g/mol. The molecule has 0 amide bonds. The number of aromatic amines is 2. The van der Waals surface area contributed by atoms with Gasteiger partial charge >= 0.3 is 0 Å². The fourth-order valence-corrected chi connectivity index (χ4v) is 14.9. The van der Waals surface area contributed by atoms with Gasteiger partial charge in [0.2, 0.25) is 0 Å². The molecule has 566 valence electrons. The van der Waals surface area contributed by atoms with Gasteiger partial charge in [0.05, 0.1) is 42.6 Å². The molecule has 5 heterocycles. The van der Waals surface area contributed by atoms with Gasteiger partial charge in [0.25, 0.3) is 0 Å². The van der Waals surface area contributed by atoms with Gasteiger partial charge < -0.3 is 24.2 Å². The van der Waals surface area contributed by atoms with Crippen LogP contribution >= 0.6 is 15.9 Å². The Hall–Kier alpha value is -7.42. The van der Waals surface area contributed by atoms with Crippen molar-refractivity contribution in [3.05, 3.63) is 184 Å². The van der Waals surface area contributed by atoms with Crippen LogP contribution < -0.4 is 14.2 Å². The lowest BCUT2D eigenvalue weighted by molar-refractivity contribution is 0.296. The first kappa shape index (κ1) is 81.1. The zero-order valence-electron chi connectivity index (χ0n) is 68.4. The lowest BCUT2D eigenvalue weighted by Crippen LogP contribution is -2.16. The smallest absolute Gasteiger partial charge is 0.119 e. The Morgan fingerprint density at radius 1 is 0.255 bits per heavy atom. The second-order valence-corrected chi connectivity index (χ2v) is 37.5. The molecule has 0 fully saturated rings. The molecule has 7 nitrogen and oxygen atoms in total. The highest BCUT2D eigenvalue weighted by Gasteiger charge is 2.28. The standard InChI is InChI=1S/C98H129BrN4O3/c1-93(2,3)72-59-69(60-73(65-72)94(4,5)6)90-83-49-47-81(100-83)89(68-39-41-78(42-40-68)104-56-36-32-29-25-21-22-26-30-34-38-58-106-80-45-43-79(44-46-80)105-57-37-33-28-24-20-19-23-27-31-35-55-99)82-48-50-84(101-82)91(70-61-74(95(7,8)9)66-75(62-70)96(10,11)12)86-52-54-88(103-86)92(87-53-51-85(90)102-87)71-63-76(97(13,14)15)67-77(64-71)98(16,17)18/h39-54,59-67,100,103H,19-38,55-58H2,1-18H3. The van der Waals surface area contributed by atoms with Crippen LogP contribution in [-0.2, 0) is 32.5 Å². The Kier molecular flexibility index (Phi) is 27.3. The minimum atomic E-state index is -0.110. The molecule has 0 saturated heterocycles. The number of ether oxygens (including phenoxy) is 3. The third kappa shape index (κ3) is 22.2. The van der Waals surface area contributed by atoms with Gasteiger partial charge in [-0.1, -0.05) is 310 Å². The number of halogens is 1. The first-order chi connectivity index (χ1) is 50.3. The number of nitrogens with one attached hydrogen (secondary N) is 2. The molecule has 3 aromatic heterocycles. The Bertz CT molecular complexity index is 4290. The highest BCUT2D eigenvalue weighted by molar-refractivity contribution is 9.09. The Labute approximate surface area is 648 Å². The summed E-state index contributed by atoms with van der Waals surface area (Å²) in [6.45, 7) is 44.1. The van der Waals surface area contributed by atoms with Gasteiger partial charge in [0.1, 0.15) is 17.2 Å². The third-order valence-corrected chi connectivity index (χ3v) is 22.0. The molecule has 2 aliphatic rings. The van der Waals surface area contributed by atoms with Crippen LogP contribution in [0.5, 0.6) is 17.2 Å². The number of unbranched alkanes of at least 4 members (excludes halogenated alkanes) is 18. The minimum absolute atomic E-state index is 0.108. The second-order valence-electron chi connectivity index (χ2n) is 36.7. The number of hydrogen-bond acceptors (Lipinski definition) is 5. The molecule has 2 aliphatic heterocycles. The quantitative estimate of drug-likeness (QED) is 0.0324. The Balaban J connectivity index is 0.890. The largest absolute Gasteiger partial charge is 0.494 e. The normalized spacial score (nSPS) is 12.9. The SMILES string of the molecule is CC(C)(C)c1cc(-c2c3nc(c(-c4cc(C(C)(C)C)cc(C(C)(C)C)c4)c4ccc([nH]4)c(-c4cc(C(C)(C)C)cc(C(C)(C)C)c4)c4nc(c(-c5ccc(OCCCCCCCCCCCCOc6ccc(OCCCCCCCCCCCCBr)cc6)cc5)c5ccc2[nH]5)C=C4)C=C3)cc(C(C)(C)C)c1. The second kappa shape index (κ2) is 35.7. The van der Waals surface area contributed by atoms with Crippen molar-refractivity contribution in [2.75, 3.05) is 25.2 Å². The first-order valence-electron chi connectivity index (χ1n) is 40.6. The molecule has 8 bridgehead atoms. The van der Waals surface area contributed by atoms with Crippen LogP contribution in [0.2, 0.25) is 0 Å². The van der Waals surface area contributed by atoms with E-state index in [1.54, 1.807) is 0 Å². The molecule has 8 heteroatoms. The molecule has 0 saturated carbocycles. The number of hydrogen-bond donors (Lipinski definition) is 2. The van der Waals surface area contributed by atoms with Gasteiger partial charge in [-0.3, -0.25) is 0 Å². The molecular weight excluding hydrogens is 1360 g/mol. The summed E-state index contributed by atoms with van der Waals surface area (Å²) in [5.74, 6) is 2.75. The lowest BCUT2D eigenvalue weighted by atomic mass is 9.78. The van der Waals surface area contributed by atoms with E-state index in [1.807, 2.05) is 0 Å². The van der Waals surface area contributed by atoms with E-state index in [2.05, 4.69) is 302 Å². The summed E-state index contributed by atoms with van der Waals surface area (Å²) in [6, 6.07) is 47.7. The van der Waals surface area contributed by atoms with E-state index in [1.165, 1.54) is 143 Å². The summed E-state index contributed by atoms with van der Waals surface area (Å²) in [5, 5.41) is 1.14. The predicted molar refractivity (Wildman–Crippen MR) is 462 cm³/mol. The molecule has 5 aromatic carbocycles. The van der Waals surface area contributed by atoms with E-state index in [9.17, 15) is 0 Å². The maximum Gasteiger partial charge on any atom is 0.119 e. The maximum absolute atomic E-state index is 6.53. The fourth-order valence-electron chi connectivity index (χ4n) is 14.5. The van der Waals surface area contributed by atoms with Crippen molar-refractivity contribution in [3.8, 4) is 61.8 Å². The van der Waals surface area contributed by atoms with Crippen molar-refractivity contribution in [3.63, 3.8) is 0 Å². The number of rotatable bonds is 32. The van der Waals surface area contributed by atoms with Gasteiger partial charge in [-0.2, -0.15) is 0 Å². The number of nitrogens with zero attached hydrogens (tertiary/aromatic N) is 2. The summed E-state index contributed by atoms with van der Waals surface area (Å²) in [5.41, 5.74) is 23.2. The van der Waals surface area contributed by atoms with Gasteiger partial charge in [-0.25, -0.2) is 9.97 Å². The third-order valence-electron chi connectivity index (χ3n) is 21.5. The highest BCUT2D eigenvalue weighted by Crippen LogP contribution is 2.44. The summed E-state index contributed by atoms with van der Waals surface area (Å²) in [4.78, 5) is 19.9. The molecule has 10 rings (SSSR count). The molecule has 106 heavy (non-hydrogen) atoms. The molecule has 0 spiro atoms. The summed E-state index contributed by atoms with van der Waals surface area (Å²) < 4.78 is 18.7. The van der Waals surface area contributed by atoms with Crippen LogP contribution in [0, 0.1) is 0 Å². The van der Waals surface area contributed by atoms with Gasteiger partial charge in [0, 0.05) is 49.7 Å². The van der Waals surface area contributed by atoms with E-state index in [0.717, 1.165) is 144 Å². The number of fused-ring (bicyclic) bond motifs is 8. The predicted octanol–water partition coefficient (Wildman–Crippen LogP) is 29.1. The molecule has 0 unspecified atom stereocenters. The van der Waals surface area contributed by atoms with E-state index in [-0.39, 0.29) is 32.5 Å². The Morgan fingerprint density at radius 2 is 0.462 bits per heavy atom. The van der Waals surface area contributed by atoms with Crippen LogP contribution in [-0.4, -0.2) is 45.1 Å². The highest BCUT2D eigenvalue weighted by atomic mass is 79.9. The van der Waals surface area contributed by atoms with Crippen LogP contribution in [0.15, 0.2) is 127 Å². The number of alkyl halides is 1. The summed E-state index contributed by atoms with van der Waals surface area (Å²) in [7, 11) is 0. The maximum atomic E-state index is 6.53. The van der Waals surface area contributed by atoms with Crippen LogP contribution in [0.25, 0.3) is 90.9 Å². The molecule has 8 aromatic rings. The van der Waals surface area contributed by atoms with E-state index in [0.29, 0.717) is 6.61 Å². The summed E-state index contributed by atoms with van der Waals surface area (Å²) >= 11 is 3.53. The van der Waals surface area contributed by atoms with Crippen LogP contribution in [0.1, 0.15) is 309 Å². The van der Waals surface area contributed by atoms with Crippen LogP contribution in [0.3, 0.4) is 0 Å². The number of aromatic nitrogens is 4. The van der Waals surface area contributed by atoms with Crippen molar-refractivity contribution in [1.82, 2.24) is 19.9 Å². The summed E-state index contributed by atoms with van der Waals surface area (Å²) in [6.07, 6.45) is 34.4. The topological polar surface area (TPSA) is 85.1 Å². The van der Waals surface area contributed by atoms with E-state index >= 15 is 0 Å². The van der Waals surface area contributed by atoms with Crippen LogP contribution in [0.4, 0.5) is 0 Å². The van der Waals surface area contributed by atoms with Crippen molar-refractivity contribution in [2.45, 2.75) is 286 Å². The molecule has 0 radical (unpaired) electrons. The van der Waals surface area contributed by atoms with Gasteiger partial charge in [-0.15, -0.1) is 0 Å². The number of benzene rings is 5. The van der Waals surface area contributed by atoms with Crippen molar-refractivity contribution < 1.29 is 14.2 Å². The van der Waals surface area contributed by atoms with E-state index in [4.69, 9.17) is 24.2 Å². The molecule has 0 atom stereocenters. The van der Waals surface area contributed by atoms with Crippen molar-refractivity contribution >= 4 is 62.3 Å². The minimum Gasteiger partial charge on any atom is -0.494 e. The molecule has 2 N–H and O–H groups in total. The van der Waals surface area contributed by atoms with Gasteiger partial charge in [0.15, 0.2) is 0 Å². The van der Waals surface area contributed by atoms with Crippen molar-refractivity contribution in [2.24, 2.45) is 0 Å². The average Bonchev–Trinajstić information content (AvgIpc) is 1.62. The number of H-pyrrole nitrogens is 2. The zero-order chi connectivity index (χ0) is 76.0. The van der Waals surface area contributed by atoms with Gasteiger partial charge in [-0.05, 0) is 199 Å². The molecule has 0 aliphatic carbocycles. The van der Waals surface area contributed by atoms with E-state index < -0.39 is 0 Å². The fraction of sp³-hybridized carbons (Fsp3) is 0.490. The molecular formula is C98H129BrN4O3.